The Hall–Kier alpha value is -2.55. The van der Waals surface area contributed by atoms with Crippen molar-refractivity contribution in [2.24, 2.45) is 0 Å². The number of hydrogen-bond donors (Lipinski definition) is 0. The Kier molecular flexibility index (Phi) is 6.50. The first kappa shape index (κ1) is 21.7. The second-order valence-electron chi connectivity index (χ2n) is 7.39. The van der Waals surface area contributed by atoms with E-state index in [2.05, 4.69) is 0 Å². The summed E-state index contributed by atoms with van der Waals surface area (Å²) >= 11 is 1.64. The van der Waals surface area contributed by atoms with Gasteiger partial charge in [0.2, 0.25) is 10.0 Å². The lowest BCUT2D eigenvalue weighted by Crippen LogP contribution is -2.50. The molecule has 0 bridgehead atoms. The van der Waals surface area contributed by atoms with Crippen LogP contribution in [0.3, 0.4) is 0 Å². The van der Waals surface area contributed by atoms with Crippen LogP contribution in [0.2, 0.25) is 0 Å². The van der Waals surface area contributed by atoms with E-state index in [4.69, 9.17) is 4.42 Å². The summed E-state index contributed by atoms with van der Waals surface area (Å²) in [5, 5.41) is 0. The van der Waals surface area contributed by atoms with Crippen molar-refractivity contribution >= 4 is 27.7 Å². The summed E-state index contributed by atoms with van der Waals surface area (Å²) in [5.74, 6) is 0.767. The zero-order valence-electron chi connectivity index (χ0n) is 17.2. The maximum Gasteiger partial charge on any atom is 0.289 e. The van der Waals surface area contributed by atoms with Gasteiger partial charge in [0.25, 0.3) is 5.91 Å². The number of sulfonamides is 1. The second kappa shape index (κ2) is 9.30. The Labute approximate surface area is 186 Å². The molecule has 1 saturated heterocycles. The molecule has 0 aliphatic carbocycles. The van der Waals surface area contributed by atoms with Crippen LogP contribution >= 0.6 is 11.8 Å². The molecule has 8 heteroatoms. The molecule has 0 radical (unpaired) electrons. The quantitative estimate of drug-likeness (QED) is 0.524. The smallest absolute Gasteiger partial charge is 0.289 e. The van der Waals surface area contributed by atoms with Crippen LogP contribution in [0.1, 0.15) is 21.7 Å². The fourth-order valence-electron chi connectivity index (χ4n) is 3.45. The summed E-state index contributed by atoms with van der Waals surface area (Å²) in [6.07, 6.45) is 1.53. The van der Waals surface area contributed by atoms with Gasteiger partial charge in [0.1, 0.15) is 0 Å². The molecule has 1 amide bonds. The fourth-order valence-corrected chi connectivity index (χ4v) is 5.77. The summed E-state index contributed by atoms with van der Waals surface area (Å²) in [4.78, 5) is 16.1. The minimum atomic E-state index is -3.56. The molecule has 0 atom stereocenters. The highest BCUT2D eigenvalue weighted by Crippen LogP contribution is 2.26. The monoisotopic (exact) mass is 456 g/mol. The van der Waals surface area contributed by atoms with Crippen molar-refractivity contribution in [1.82, 2.24) is 9.21 Å². The molecule has 4 rings (SSSR count). The average Bonchev–Trinajstić information content (AvgIpc) is 3.27. The molecular weight excluding hydrogens is 432 g/mol. The number of aryl methyl sites for hydroxylation is 1. The van der Waals surface area contributed by atoms with Gasteiger partial charge in [-0.05, 0) is 37.3 Å². The summed E-state index contributed by atoms with van der Waals surface area (Å²) in [6.45, 7) is 3.10. The van der Waals surface area contributed by atoms with E-state index in [9.17, 15) is 13.2 Å². The van der Waals surface area contributed by atoms with E-state index in [1.54, 1.807) is 40.9 Å². The third-order valence-corrected chi connectivity index (χ3v) is 8.24. The first-order valence-corrected chi connectivity index (χ1v) is 12.5. The molecule has 6 nitrogen and oxygen atoms in total. The van der Waals surface area contributed by atoms with Gasteiger partial charge in [-0.1, -0.05) is 35.9 Å². The minimum Gasteiger partial charge on any atom is -0.459 e. The SMILES string of the molecule is Cc1ccc(S(=O)(=O)N2CCN(C(=O)c3occc3CSc3ccccc3)CC2)cc1. The molecule has 2 aromatic carbocycles. The van der Waals surface area contributed by atoms with E-state index in [1.807, 2.05) is 43.3 Å². The standard InChI is InChI=1S/C23H24N2O4S2/c1-18-7-9-21(10-8-18)31(27,28)25-14-12-24(13-15-25)23(26)22-19(11-16-29-22)17-30-20-5-3-2-4-6-20/h2-11,16H,12-15,17H2,1H3. The Morgan fingerprint density at radius 1 is 0.968 bits per heavy atom. The van der Waals surface area contributed by atoms with Crippen molar-refractivity contribution in [3.8, 4) is 0 Å². The van der Waals surface area contributed by atoms with E-state index in [0.717, 1.165) is 16.0 Å². The molecule has 162 valence electrons. The van der Waals surface area contributed by atoms with E-state index < -0.39 is 10.0 Å². The lowest BCUT2D eigenvalue weighted by Gasteiger charge is -2.33. The zero-order chi connectivity index (χ0) is 21.8. The summed E-state index contributed by atoms with van der Waals surface area (Å²) in [7, 11) is -3.56. The molecule has 1 aromatic heterocycles. The van der Waals surface area contributed by atoms with E-state index >= 15 is 0 Å². The third kappa shape index (κ3) is 4.87. The van der Waals surface area contributed by atoms with Crippen LogP contribution in [0.4, 0.5) is 0 Å². The number of nitrogens with zero attached hydrogens (tertiary/aromatic N) is 2. The number of furan rings is 1. The van der Waals surface area contributed by atoms with E-state index in [1.165, 1.54) is 10.6 Å². The molecule has 31 heavy (non-hydrogen) atoms. The summed E-state index contributed by atoms with van der Waals surface area (Å²) < 4.78 is 32.7. The lowest BCUT2D eigenvalue weighted by atomic mass is 10.2. The maximum absolute atomic E-state index is 13.0. The largest absolute Gasteiger partial charge is 0.459 e. The van der Waals surface area contributed by atoms with Gasteiger partial charge in [0.15, 0.2) is 5.76 Å². The van der Waals surface area contributed by atoms with Crippen molar-refractivity contribution < 1.29 is 17.6 Å². The molecule has 0 saturated carbocycles. The first-order chi connectivity index (χ1) is 14.9. The van der Waals surface area contributed by atoms with Crippen LogP contribution in [0.15, 0.2) is 81.1 Å². The summed E-state index contributed by atoms with van der Waals surface area (Å²) in [6, 6.07) is 18.6. The van der Waals surface area contributed by atoms with Gasteiger partial charge in [-0.2, -0.15) is 4.31 Å². The number of rotatable bonds is 6. The first-order valence-electron chi connectivity index (χ1n) is 10.1. The minimum absolute atomic E-state index is 0.193. The Morgan fingerprint density at radius 2 is 1.65 bits per heavy atom. The van der Waals surface area contributed by atoms with Crippen LogP contribution < -0.4 is 0 Å². The highest BCUT2D eigenvalue weighted by molar-refractivity contribution is 7.98. The predicted molar refractivity (Wildman–Crippen MR) is 121 cm³/mol. The highest BCUT2D eigenvalue weighted by atomic mass is 32.2. The van der Waals surface area contributed by atoms with Crippen molar-refractivity contribution in [1.29, 1.82) is 0 Å². The molecule has 3 aromatic rings. The second-order valence-corrected chi connectivity index (χ2v) is 10.4. The molecule has 0 unspecified atom stereocenters. The van der Waals surface area contributed by atoms with Gasteiger partial charge >= 0.3 is 0 Å². The number of hydrogen-bond acceptors (Lipinski definition) is 5. The van der Waals surface area contributed by atoms with Crippen LogP contribution in [0.5, 0.6) is 0 Å². The number of carbonyl (C=O) groups is 1. The van der Waals surface area contributed by atoms with Crippen LogP contribution in [-0.4, -0.2) is 49.7 Å². The number of amides is 1. The Balaban J connectivity index is 1.39. The van der Waals surface area contributed by atoms with E-state index in [0.29, 0.717) is 24.6 Å². The average molecular weight is 457 g/mol. The molecule has 1 aliphatic rings. The van der Waals surface area contributed by atoms with Gasteiger partial charge < -0.3 is 9.32 Å². The summed E-state index contributed by atoms with van der Waals surface area (Å²) in [5.41, 5.74) is 1.85. The fraction of sp³-hybridized carbons (Fsp3) is 0.261. The number of piperazine rings is 1. The van der Waals surface area contributed by atoms with Gasteiger partial charge in [-0.25, -0.2) is 8.42 Å². The Bertz CT molecular complexity index is 1130. The molecule has 0 spiro atoms. The lowest BCUT2D eigenvalue weighted by molar-refractivity contribution is 0.0665. The van der Waals surface area contributed by atoms with E-state index in [-0.39, 0.29) is 23.9 Å². The molecular formula is C23H24N2O4S2. The number of carbonyl (C=O) groups excluding carboxylic acids is 1. The molecule has 2 heterocycles. The maximum atomic E-state index is 13.0. The van der Waals surface area contributed by atoms with Crippen LogP contribution in [0.25, 0.3) is 0 Å². The van der Waals surface area contributed by atoms with Crippen LogP contribution in [-0.2, 0) is 15.8 Å². The zero-order valence-corrected chi connectivity index (χ0v) is 18.9. The number of thioether (sulfide) groups is 1. The van der Waals surface area contributed by atoms with Gasteiger partial charge in [0, 0.05) is 42.4 Å². The topological polar surface area (TPSA) is 70.8 Å². The Morgan fingerprint density at radius 3 is 2.32 bits per heavy atom. The van der Waals surface area contributed by atoms with Crippen LogP contribution in [0, 0.1) is 6.92 Å². The molecule has 0 N–H and O–H groups in total. The number of benzene rings is 2. The molecule has 1 fully saturated rings. The highest BCUT2D eigenvalue weighted by Gasteiger charge is 2.31. The van der Waals surface area contributed by atoms with Gasteiger partial charge in [-0.3, -0.25) is 4.79 Å². The molecule has 1 aliphatic heterocycles. The normalized spacial score (nSPS) is 15.2. The third-order valence-electron chi connectivity index (χ3n) is 5.26. The van der Waals surface area contributed by atoms with Gasteiger partial charge in [0.05, 0.1) is 11.2 Å². The van der Waals surface area contributed by atoms with Crippen molar-refractivity contribution in [3.05, 3.63) is 83.8 Å². The van der Waals surface area contributed by atoms with Crippen molar-refractivity contribution in [2.75, 3.05) is 26.2 Å². The predicted octanol–water partition coefficient (Wildman–Crippen LogP) is 4.03. The van der Waals surface area contributed by atoms with Crippen molar-refractivity contribution in [3.63, 3.8) is 0 Å². The van der Waals surface area contributed by atoms with Crippen molar-refractivity contribution in [2.45, 2.75) is 22.5 Å². The van der Waals surface area contributed by atoms with Gasteiger partial charge in [-0.15, -0.1) is 11.8 Å².